The van der Waals surface area contributed by atoms with Crippen LogP contribution < -0.4 is 0 Å². The lowest BCUT2D eigenvalue weighted by molar-refractivity contribution is 0.175. The molecule has 3 heteroatoms. The van der Waals surface area contributed by atoms with Crippen molar-refractivity contribution < 1.29 is 9.50 Å². The lowest BCUT2D eigenvalue weighted by Crippen LogP contribution is -1.99. The van der Waals surface area contributed by atoms with Crippen LogP contribution in [0.25, 0.3) is 0 Å². The maximum Gasteiger partial charge on any atom is 0.123 e. The summed E-state index contributed by atoms with van der Waals surface area (Å²) in [5.74, 6) is 1.90. The molecule has 1 nitrogen and oxygen atoms in total. The van der Waals surface area contributed by atoms with Crippen LogP contribution in [-0.2, 0) is 0 Å². The normalized spacial score (nSPS) is 12.5. The summed E-state index contributed by atoms with van der Waals surface area (Å²) in [5.41, 5.74) is 0.814. The van der Waals surface area contributed by atoms with Gasteiger partial charge < -0.3 is 5.11 Å². The average molecular weight is 327 g/mol. The van der Waals surface area contributed by atoms with Crippen molar-refractivity contribution >= 4 is 11.8 Å². The third kappa shape index (κ3) is 9.47. The van der Waals surface area contributed by atoms with Gasteiger partial charge in [-0.15, -0.1) is 0 Å². The van der Waals surface area contributed by atoms with Gasteiger partial charge in [-0.25, -0.2) is 4.39 Å². The smallest absolute Gasteiger partial charge is 0.123 e. The SMILES string of the molecule is CCCCCCCCCCSCCC(O)c1ccc(F)cc1. The van der Waals surface area contributed by atoms with Gasteiger partial charge in [0.1, 0.15) is 5.82 Å². The van der Waals surface area contributed by atoms with Crippen molar-refractivity contribution in [3.8, 4) is 0 Å². The summed E-state index contributed by atoms with van der Waals surface area (Å²) in [4.78, 5) is 0. The summed E-state index contributed by atoms with van der Waals surface area (Å²) in [6.07, 6.45) is 11.1. The molecule has 0 aliphatic carbocycles. The number of hydrogen-bond acceptors (Lipinski definition) is 2. The Hall–Kier alpha value is -0.540. The summed E-state index contributed by atoms with van der Waals surface area (Å²) in [5, 5.41) is 10.0. The van der Waals surface area contributed by atoms with E-state index in [1.165, 1.54) is 69.3 Å². The molecule has 1 unspecified atom stereocenters. The van der Waals surface area contributed by atoms with Gasteiger partial charge in [0.05, 0.1) is 6.10 Å². The summed E-state index contributed by atoms with van der Waals surface area (Å²) in [6, 6.07) is 6.16. The highest BCUT2D eigenvalue weighted by Crippen LogP contribution is 2.20. The molecule has 1 N–H and O–H groups in total. The van der Waals surface area contributed by atoms with Crippen molar-refractivity contribution in [1.29, 1.82) is 0 Å². The lowest BCUT2D eigenvalue weighted by atomic mass is 10.1. The minimum atomic E-state index is -0.466. The van der Waals surface area contributed by atoms with Crippen molar-refractivity contribution in [3.63, 3.8) is 0 Å². The van der Waals surface area contributed by atoms with Crippen LogP contribution in [0.4, 0.5) is 4.39 Å². The highest BCUT2D eigenvalue weighted by Gasteiger charge is 2.07. The molecule has 0 radical (unpaired) electrons. The number of benzene rings is 1. The van der Waals surface area contributed by atoms with Gasteiger partial charge >= 0.3 is 0 Å². The van der Waals surface area contributed by atoms with E-state index < -0.39 is 6.10 Å². The van der Waals surface area contributed by atoms with E-state index >= 15 is 0 Å². The number of rotatable bonds is 13. The van der Waals surface area contributed by atoms with Crippen LogP contribution in [0, 0.1) is 5.82 Å². The highest BCUT2D eigenvalue weighted by molar-refractivity contribution is 7.99. The molecule has 0 aliphatic heterocycles. The molecular weight excluding hydrogens is 295 g/mol. The molecule has 0 fully saturated rings. The van der Waals surface area contributed by atoms with E-state index in [-0.39, 0.29) is 5.82 Å². The Balaban J connectivity index is 1.92. The van der Waals surface area contributed by atoms with Crippen LogP contribution in [0.3, 0.4) is 0 Å². The molecule has 0 aliphatic rings. The maximum atomic E-state index is 12.8. The molecule has 1 aromatic carbocycles. The van der Waals surface area contributed by atoms with Crippen LogP contribution in [0.15, 0.2) is 24.3 Å². The minimum Gasteiger partial charge on any atom is -0.388 e. The Morgan fingerprint density at radius 2 is 1.50 bits per heavy atom. The van der Waals surface area contributed by atoms with Gasteiger partial charge in [0.25, 0.3) is 0 Å². The van der Waals surface area contributed by atoms with Crippen LogP contribution in [0.2, 0.25) is 0 Å². The van der Waals surface area contributed by atoms with Gasteiger partial charge in [-0.1, -0.05) is 64.0 Å². The van der Waals surface area contributed by atoms with E-state index in [2.05, 4.69) is 6.92 Å². The topological polar surface area (TPSA) is 20.2 Å². The van der Waals surface area contributed by atoms with Crippen molar-refractivity contribution in [1.82, 2.24) is 0 Å². The predicted octanol–water partition coefficient (Wildman–Crippen LogP) is 6.12. The molecule has 0 saturated heterocycles. The van der Waals surface area contributed by atoms with Crippen LogP contribution in [0.5, 0.6) is 0 Å². The molecular formula is C19H31FOS. The predicted molar refractivity (Wildman–Crippen MR) is 95.9 cm³/mol. The minimum absolute atomic E-state index is 0.250. The molecule has 0 amide bonds. The molecule has 0 aromatic heterocycles. The summed E-state index contributed by atoms with van der Waals surface area (Å²) in [6.45, 7) is 2.25. The number of unbranched alkanes of at least 4 members (excludes halogenated alkanes) is 7. The summed E-state index contributed by atoms with van der Waals surface area (Å²) >= 11 is 1.92. The summed E-state index contributed by atoms with van der Waals surface area (Å²) < 4.78 is 12.8. The standard InChI is InChI=1S/C19H31FOS/c1-2-3-4-5-6-7-8-9-15-22-16-14-19(21)17-10-12-18(20)13-11-17/h10-13,19,21H,2-9,14-16H2,1H3. The summed E-state index contributed by atoms with van der Waals surface area (Å²) in [7, 11) is 0. The molecule has 0 bridgehead atoms. The molecule has 0 spiro atoms. The zero-order valence-electron chi connectivity index (χ0n) is 13.9. The van der Waals surface area contributed by atoms with Crippen molar-refractivity contribution in [2.45, 2.75) is 70.8 Å². The number of thioether (sulfide) groups is 1. The van der Waals surface area contributed by atoms with Crippen molar-refractivity contribution in [3.05, 3.63) is 35.6 Å². The van der Waals surface area contributed by atoms with E-state index in [1.807, 2.05) is 11.8 Å². The van der Waals surface area contributed by atoms with Crippen LogP contribution >= 0.6 is 11.8 Å². The fourth-order valence-corrected chi connectivity index (χ4v) is 3.49. The Morgan fingerprint density at radius 3 is 2.14 bits per heavy atom. The number of halogens is 1. The first-order valence-corrected chi connectivity index (χ1v) is 9.90. The Kier molecular flexibility index (Phi) is 11.5. The quantitative estimate of drug-likeness (QED) is 0.440. The van der Waals surface area contributed by atoms with Gasteiger partial charge in [-0.2, -0.15) is 11.8 Å². The second-order valence-corrected chi connectivity index (χ2v) is 7.17. The second kappa shape index (κ2) is 13.0. The first-order chi connectivity index (χ1) is 10.7. The lowest BCUT2D eigenvalue weighted by Gasteiger charge is -2.10. The fourth-order valence-electron chi connectivity index (χ4n) is 2.49. The van der Waals surface area contributed by atoms with E-state index in [4.69, 9.17) is 0 Å². The monoisotopic (exact) mass is 326 g/mol. The second-order valence-electron chi connectivity index (χ2n) is 5.94. The van der Waals surface area contributed by atoms with Crippen molar-refractivity contribution in [2.24, 2.45) is 0 Å². The Labute approximate surface area is 139 Å². The average Bonchev–Trinajstić information content (AvgIpc) is 2.53. The van der Waals surface area contributed by atoms with E-state index in [1.54, 1.807) is 12.1 Å². The molecule has 1 atom stereocenters. The highest BCUT2D eigenvalue weighted by atomic mass is 32.2. The molecule has 126 valence electrons. The fraction of sp³-hybridized carbons (Fsp3) is 0.684. The first kappa shape index (κ1) is 19.5. The van der Waals surface area contributed by atoms with E-state index in [0.717, 1.165) is 17.7 Å². The van der Waals surface area contributed by atoms with Crippen molar-refractivity contribution in [2.75, 3.05) is 11.5 Å². The molecule has 22 heavy (non-hydrogen) atoms. The van der Waals surface area contributed by atoms with Gasteiger partial charge in [0.2, 0.25) is 0 Å². The zero-order chi connectivity index (χ0) is 16.0. The van der Waals surface area contributed by atoms with Gasteiger partial charge in [-0.3, -0.25) is 0 Å². The number of aliphatic hydroxyl groups excluding tert-OH is 1. The molecule has 0 heterocycles. The third-order valence-corrected chi connectivity index (χ3v) is 5.03. The van der Waals surface area contributed by atoms with E-state index in [9.17, 15) is 9.50 Å². The van der Waals surface area contributed by atoms with Gasteiger partial charge in [0.15, 0.2) is 0 Å². The maximum absolute atomic E-state index is 12.8. The van der Waals surface area contributed by atoms with Gasteiger partial charge in [-0.05, 0) is 42.0 Å². The Morgan fingerprint density at radius 1 is 0.909 bits per heavy atom. The van der Waals surface area contributed by atoms with Gasteiger partial charge in [0, 0.05) is 0 Å². The van der Waals surface area contributed by atoms with Crippen LogP contribution in [0.1, 0.15) is 76.4 Å². The number of hydrogen-bond donors (Lipinski definition) is 1. The zero-order valence-corrected chi connectivity index (χ0v) is 14.7. The third-order valence-electron chi connectivity index (χ3n) is 3.93. The molecule has 0 saturated carbocycles. The van der Waals surface area contributed by atoms with Crippen LogP contribution in [-0.4, -0.2) is 16.6 Å². The molecule has 1 rings (SSSR count). The van der Waals surface area contributed by atoms with E-state index in [0.29, 0.717) is 0 Å². The first-order valence-electron chi connectivity index (χ1n) is 8.75. The largest absolute Gasteiger partial charge is 0.388 e. The Bertz CT molecular complexity index is 366. The number of aliphatic hydroxyl groups is 1. The molecule has 1 aromatic rings.